The average Bonchev–Trinajstić information content (AvgIpc) is 3.14. The summed E-state index contributed by atoms with van der Waals surface area (Å²) in [6.45, 7) is 13.0. The summed E-state index contributed by atoms with van der Waals surface area (Å²) in [6.07, 6.45) is -2.71. The molecule has 0 aromatic carbocycles. The van der Waals surface area contributed by atoms with E-state index in [0.29, 0.717) is 12.4 Å². The first-order chi connectivity index (χ1) is 13.3. The molecule has 0 saturated carbocycles. The molecule has 0 radical (unpaired) electrons. The van der Waals surface area contributed by atoms with Gasteiger partial charge in [-0.25, -0.2) is 4.98 Å². The van der Waals surface area contributed by atoms with Crippen molar-refractivity contribution in [3.8, 4) is 0 Å². The second-order valence-corrected chi connectivity index (χ2v) is 14.6. The number of ether oxygens (including phenoxy) is 1. The maximum absolute atomic E-state index is 12.1. The van der Waals surface area contributed by atoms with Crippen molar-refractivity contribution >= 4 is 25.7 Å². The molecular weight excluding hydrogens is 394 g/mol. The zero-order chi connectivity index (χ0) is 21.4. The van der Waals surface area contributed by atoms with Crippen molar-refractivity contribution in [3.63, 3.8) is 0 Å². The van der Waals surface area contributed by atoms with Gasteiger partial charge >= 0.3 is 8.56 Å². The smallest absolute Gasteiger partial charge is 0.349 e. The third kappa shape index (κ3) is 3.03. The number of anilines is 1. The van der Waals surface area contributed by atoms with Gasteiger partial charge in [-0.05, 0) is 0 Å². The highest BCUT2D eigenvalue weighted by Gasteiger charge is 2.65. The molecule has 2 aliphatic heterocycles. The normalized spacial score (nSPS) is 29.9. The second-order valence-electron chi connectivity index (χ2n) is 9.87. The summed E-state index contributed by atoms with van der Waals surface area (Å²) in [5, 5.41) is 10.7. The molecule has 4 rings (SSSR count). The minimum Gasteiger partial charge on any atom is -0.391 e. The van der Waals surface area contributed by atoms with Crippen molar-refractivity contribution < 1.29 is 18.7 Å². The van der Waals surface area contributed by atoms with Crippen LogP contribution in [0, 0.1) is 0 Å². The molecular formula is C18H29N5O5Si. The molecule has 29 heavy (non-hydrogen) atoms. The Morgan fingerprint density at radius 3 is 2.41 bits per heavy atom. The van der Waals surface area contributed by atoms with Crippen LogP contribution in [0.3, 0.4) is 0 Å². The van der Waals surface area contributed by atoms with Crippen molar-refractivity contribution in [2.75, 3.05) is 12.3 Å². The van der Waals surface area contributed by atoms with Crippen molar-refractivity contribution in [2.24, 2.45) is 0 Å². The van der Waals surface area contributed by atoms with Crippen molar-refractivity contribution in [1.82, 2.24) is 19.9 Å². The van der Waals surface area contributed by atoms with E-state index in [1.165, 1.54) is 0 Å². The number of H-pyrrole nitrogens is 2. The van der Waals surface area contributed by atoms with Gasteiger partial charge in [0.1, 0.15) is 30.2 Å². The van der Waals surface area contributed by atoms with Crippen LogP contribution in [0.4, 0.5) is 5.95 Å². The lowest BCUT2D eigenvalue weighted by Crippen LogP contribution is -2.65. The molecule has 2 saturated heterocycles. The maximum Gasteiger partial charge on any atom is 0.349 e. The summed E-state index contributed by atoms with van der Waals surface area (Å²) in [5.74, 6) is 0.290. The fraction of sp³-hybridized carbons (Fsp3) is 0.722. The summed E-state index contributed by atoms with van der Waals surface area (Å²) >= 11 is 0. The Balaban J connectivity index is 1.68. The van der Waals surface area contributed by atoms with Crippen LogP contribution in [0.1, 0.15) is 53.5 Å². The van der Waals surface area contributed by atoms with Crippen LogP contribution in [0.2, 0.25) is 10.1 Å². The van der Waals surface area contributed by atoms with Crippen LogP contribution in [-0.4, -0.2) is 58.5 Å². The average molecular weight is 424 g/mol. The molecule has 0 unspecified atom stereocenters. The summed E-state index contributed by atoms with van der Waals surface area (Å²) in [6, 6.07) is 0. The third-order valence-electron chi connectivity index (χ3n) is 5.73. The van der Waals surface area contributed by atoms with Gasteiger partial charge in [-0.2, -0.15) is 4.98 Å². The predicted octanol–water partition coefficient (Wildman–Crippen LogP) is 1.49. The molecule has 2 aromatic rings. The number of aromatic nitrogens is 4. The number of fused-ring (bicyclic) bond motifs is 2. The summed E-state index contributed by atoms with van der Waals surface area (Å²) < 4.78 is 19.0. The number of nitrogens with one attached hydrogen (secondary N) is 2. The van der Waals surface area contributed by atoms with Gasteiger partial charge in [0, 0.05) is 10.1 Å². The molecule has 0 aliphatic carbocycles. The van der Waals surface area contributed by atoms with E-state index in [4.69, 9.17) is 19.3 Å². The number of aliphatic hydroxyl groups is 1. The van der Waals surface area contributed by atoms with Crippen molar-refractivity contribution in [1.29, 1.82) is 0 Å². The number of aliphatic hydroxyl groups excluding tert-OH is 1. The molecule has 4 atom stereocenters. The maximum atomic E-state index is 12.1. The second kappa shape index (κ2) is 6.35. The molecule has 4 heterocycles. The van der Waals surface area contributed by atoms with Crippen LogP contribution < -0.4 is 11.3 Å². The van der Waals surface area contributed by atoms with Crippen LogP contribution in [0.5, 0.6) is 0 Å². The molecule has 5 N–H and O–H groups in total. The monoisotopic (exact) mass is 423 g/mol. The fourth-order valence-corrected chi connectivity index (χ4v) is 9.62. The van der Waals surface area contributed by atoms with Crippen LogP contribution in [0.15, 0.2) is 4.79 Å². The number of hydrogen-bond donors (Lipinski definition) is 4. The first kappa shape index (κ1) is 20.5. The van der Waals surface area contributed by atoms with E-state index in [1.807, 2.05) is 0 Å². The zero-order valence-electron chi connectivity index (χ0n) is 17.6. The van der Waals surface area contributed by atoms with Gasteiger partial charge in [0.05, 0.1) is 6.61 Å². The minimum absolute atomic E-state index is 0.0232. The van der Waals surface area contributed by atoms with E-state index in [0.717, 1.165) is 0 Å². The van der Waals surface area contributed by atoms with Gasteiger partial charge in [-0.3, -0.25) is 9.78 Å². The highest BCUT2D eigenvalue weighted by Crippen LogP contribution is 2.56. The lowest BCUT2D eigenvalue weighted by Gasteiger charge is -2.53. The number of aromatic amines is 2. The molecule has 0 spiro atoms. The largest absolute Gasteiger partial charge is 0.391 e. The Morgan fingerprint density at radius 2 is 1.79 bits per heavy atom. The molecule has 2 aliphatic rings. The highest BCUT2D eigenvalue weighted by atomic mass is 28.4. The van der Waals surface area contributed by atoms with Crippen molar-refractivity contribution in [3.05, 3.63) is 16.2 Å². The van der Waals surface area contributed by atoms with Gasteiger partial charge in [0.2, 0.25) is 5.95 Å². The Labute approximate surface area is 169 Å². The Hall–Kier alpha value is -1.79. The van der Waals surface area contributed by atoms with Gasteiger partial charge in [0.15, 0.2) is 11.2 Å². The summed E-state index contributed by atoms with van der Waals surface area (Å²) in [4.78, 5) is 25.8. The first-order valence-corrected chi connectivity index (χ1v) is 11.6. The fourth-order valence-electron chi connectivity index (χ4n) is 4.66. The molecule has 0 amide bonds. The van der Waals surface area contributed by atoms with E-state index < -0.39 is 38.5 Å². The SMILES string of the molecule is CC(C)(C)[Si]1(C(C)(C)C)OC[C@H]2O[C@@H](c3nc4nc(N)[nH]c(=O)c4[nH]3)[C@@H](O)[C@@H]2O1. The van der Waals surface area contributed by atoms with Crippen LogP contribution in [0.25, 0.3) is 11.2 Å². The quantitative estimate of drug-likeness (QED) is 0.504. The van der Waals surface area contributed by atoms with E-state index in [-0.39, 0.29) is 27.2 Å². The van der Waals surface area contributed by atoms with E-state index in [2.05, 4.69) is 61.5 Å². The number of nitrogen functional groups attached to an aromatic ring is 1. The lowest BCUT2D eigenvalue weighted by atomic mass is 10.1. The predicted molar refractivity (Wildman–Crippen MR) is 109 cm³/mol. The lowest BCUT2D eigenvalue weighted by molar-refractivity contribution is -0.0726. The number of rotatable bonds is 1. The van der Waals surface area contributed by atoms with Gasteiger partial charge in [0.25, 0.3) is 5.56 Å². The standard InChI is InChI=1S/C18H29N5O5Si/c1-17(2,3)29(18(4,5)6)26-7-8-11(28-29)10(24)12(27-8)14-20-9-13(21-14)22-16(19)23-15(9)25/h8,10-12,24H,7H2,1-6H3,(H4,19,20,21,22,23,25)/t8-,10+,11-,12-/m1/s1. The third-order valence-corrected chi connectivity index (χ3v) is 10.9. The molecule has 0 bridgehead atoms. The van der Waals surface area contributed by atoms with E-state index in [9.17, 15) is 9.90 Å². The Bertz CT molecular complexity index is 977. The van der Waals surface area contributed by atoms with Crippen LogP contribution in [-0.2, 0) is 13.6 Å². The van der Waals surface area contributed by atoms with Gasteiger partial charge in [-0.1, -0.05) is 41.5 Å². The molecule has 2 fully saturated rings. The van der Waals surface area contributed by atoms with Crippen LogP contribution >= 0.6 is 0 Å². The zero-order valence-corrected chi connectivity index (χ0v) is 18.6. The molecule has 2 aromatic heterocycles. The summed E-state index contributed by atoms with van der Waals surface area (Å²) in [5.41, 5.74) is 5.52. The van der Waals surface area contributed by atoms with Gasteiger partial charge < -0.3 is 29.4 Å². The minimum atomic E-state index is -2.75. The van der Waals surface area contributed by atoms with E-state index >= 15 is 0 Å². The Morgan fingerprint density at radius 1 is 1.14 bits per heavy atom. The number of nitrogens with zero attached hydrogens (tertiary/aromatic N) is 2. The molecule has 10 nitrogen and oxygen atoms in total. The number of imidazole rings is 1. The molecule has 160 valence electrons. The molecule has 11 heteroatoms. The summed E-state index contributed by atoms with van der Waals surface area (Å²) in [7, 11) is -2.75. The number of nitrogens with two attached hydrogens (primary N) is 1. The topological polar surface area (TPSA) is 148 Å². The Kier molecular flexibility index (Phi) is 4.48. The van der Waals surface area contributed by atoms with Gasteiger partial charge in [-0.15, -0.1) is 0 Å². The van der Waals surface area contributed by atoms with Crippen molar-refractivity contribution in [2.45, 2.75) is 76.0 Å². The first-order valence-electron chi connectivity index (χ1n) is 9.75. The highest BCUT2D eigenvalue weighted by molar-refractivity contribution is 6.73. The number of hydrogen-bond acceptors (Lipinski definition) is 8. The van der Waals surface area contributed by atoms with E-state index in [1.54, 1.807) is 0 Å².